The Morgan fingerprint density at radius 2 is 1.40 bits per heavy atom. The highest BCUT2D eigenvalue weighted by atomic mass is 16.6. The molecule has 298 valence electrons. The molecule has 0 saturated carbocycles. The van der Waals surface area contributed by atoms with E-state index in [4.69, 9.17) is 28.4 Å². The third kappa shape index (κ3) is 9.27. The van der Waals surface area contributed by atoms with Gasteiger partial charge in [0.25, 0.3) is 5.91 Å². The molecule has 1 fully saturated rings. The minimum absolute atomic E-state index is 0.0140. The lowest BCUT2D eigenvalue weighted by molar-refractivity contribution is -0.118. The molecular formula is C45H49N3O9. The Kier molecular flexibility index (Phi) is 12.9. The molecular weight excluding hydrogens is 727 g/mol. The zero-order valence-electron chi connectivity index (χ0n) is 32.8. The van der Waals surface area contributed by atoms with Gasteiger partial charge < -0.3 is 38.8 Å². The average Bonchev–Trinajstić information content (AvgIpc) is 3.53. The van der Waals surface area contributed by atoms with E-state index < -0.39 is 41.7 Å². The monoisotopic (exact) mass is 775 g/mol. The van der Waals surface area contributed by atoms with Gasteiger partial charge in [-0.15, -0.1) is 6.58 Å². The van der Waals surface area contributed by atoms with E-state index in [1.54, 1.807) is 20.3 Å². The summed E-state index contributed by atoms with van der Waals surface area (Å²) in [5.41, 5.74) is 1.63. The number of benzene rings is 4. The number of aromatic nitrogens is 2. The number of nitrogens with one attached hydrogen (secondary N) is 1. The van der Waals surface area contributed by atoms with E-state index in [2.05, 4.69) is 37.7 Å². The van der Waals surface area contributed by atoms with E-state index in [0.717, 1.165) is 22.3 Å². The summed E-state index contributed by atoms with van der Waals surface area (Å²) in [5, 5.41) is 14.3. The largest absolute Gasteiger partial charge is 0.497 e. The standard InChI is InChI=1S/C45H49N3O9/c1-7-27-54-41-40(50)37(57-42(41)48-26-25-38(47-43(48)51)46-39(49)29-55-36-23-13-30(14-24-36)44(2,3)4)28-56-45(31-11-9-8-10-12-31,32-15-19-34(52-5)20-16-32)33-17-21-35(53-6)22-18-33/h7-26,37,40-42,50H,1,27-29H2,2-6H3,(H,46,47,49,51)/t37-,40-,41+,42-/m1/s1. The summed E-state index contributed by atoms with van der Waals surface area (Å²) in [6.45, 7) is 9.77. The third-order valence-electron chi connectivity index (χ3n) is 9.82. The number of ether oxygens (including phenoxy) is 6. The van der Waals surface area contributed by atoms with Crippen molar-refractivity contribution in [3.63, 3.8) is 0 Å². The molecule has 0 aliphatic carbocycles. The molecule has 1 aliphatic rings. The zero-order valence-corrected chi connectivity index (χ0v) is 32.8. The fraction of sp³-hybridized carbons (Fsp3) is 0.311. The lowest BCUT2D eigenvalue weighted by atomic mass is 9.80. The van der Waals surface area contributed by atoms with Crippen LogP contribution < -0.4 is 25.2 Å². The molecule has 0 unspecified atom stereocenters. The van der Waals surface area contributed by atoms with Crippen molar-refractivity contribution in [1.82, 2.24) is 9.55 Å². The molecule has 6 rings (SSSR count). The van der Waals surface area contributed by atoms with Gasteiger partial charge in [-0.1, -0.05) is 93.6 Å². The summed E-state index contributed by atoms with van der Waals surface area (Å²) in [4.78, 5) is 30.3. The lowest BCUT2D eigenvalue weighted by Gasteiger charge is -2.37. The summed E-state index contributed by atoms with van der Waals surface area (Å²) in [6.07, 6.45) is -1.29. The van der Waals surface area contributed by atoms with Crippen molar-refractivity contribution in [2.75, 3.05) is 39.4 Å². The van der Waals surface area contributed by atoms with Crippen LogP contribution in [-0.4, -0.2) is 72.9 Å². The lowest BCUT2D eigenvalue weighted by Crippen LogP contribution is -2.40. The smallest absolute Gasteiger partial charge is 0.351 e. The number of amides is 1. The van der Waals surface area contributed by atoms with Gasteiger partial charge in [-0.2, -0.15) is 4.98 Å². The molecule has 1 aromatic heterocycles. The molecule has 4 atom stereocenters. The highest BCUT2D eigenvalue weighted by Crippen LogP contribution is 2.43. The number of nitrogens with zero attached hydrogens (tertiary/aromatic N) is 2. The quantitative estimate of drug-likeness (QED) is 0.0854. The Bertz CT molecular complexity index is 2100. The Balaban J connectivity index is 1.23. The fourth-order valence-electron chi connectivity index (χ4n) is 6.78. The fourth-order valence-corrected chi connectivity index (χ4v) is 6.78. The Labute approximate surface area is 332 Å². The molecule has 12 nitrogen and oxygen atoms in total. The summed E-state index contributed by atoms with van der Waals surface area (Å²) >= 11 is 0. The predicted molar refractivity (Wildman–Crippen MR) is 216 cm³/mol. The first-order chi connectivity index (χ1) is 27.5. The normalized spacial score (nSPS) is 18.1. The van der Waals surface area contributed by atoms with Crippen LogP contribution in [0.2, 0.25) is 0 Å². The van der Waals surface area contributed by atoms with E-state index in [1.807, 2.05) is 103 Å². The first kappa shape index (κ1) is 40.9. The van der Waals surface area contributed by atoms with Crippen LogP contribution in [0, 0.1) is 0 Å². The molecule has 2 N–H and O–H groups in total. The molecule has 1 amide bonds. The number of hydrogen-bond donors (Lipinski definition) is 2. The molecule has 57 heavy (non-hydrogen) atoms. The zero-order chi connectivity index (χ0) is 40.6. The van der Waals surface area contributed by atoms with Crippen LogP contribution in [0.1, 0.15) is 49.3 Å². The van der Waals surface area contributed by atoms with Gasteiger partial charge >= 0.3 is 5.69 Å². The van der Waals surface area contributed by atoms with Gasteiger partial charge in [0, 0.05) is 6.20 Å². The summed E-state index contributed by atoms with van der Waals surface area (Å²) in [6, 6.07) is 33.9. The SMILES string of the molecule is C=CCO[C@H]1[C@H](O)[C@@H](COC(c2ccccc2)(c2ccc(OC)cc2)c2ccc(OC)cc2)O[C@H]1n1ccc(NC(=O)COc2ccc(C(C)(C)C)cc2)nc1=O. The van der Waals surface area contributed by atoms with Crippen molar-refractivity contribution in [3.8, 4) is 17.2 Å². The van der Waals surface area contributed by atoms with Crippen molar-refractivity contribution >= 4 is 11.7 Å². The van der Waals surface area contributed by atoms with Crippen LogP contribution in [-0.2, 0) is 30.0 Å². The van der Waals surface area contributed by atoms with Crippen LogP contribution in [0.25, 0.3) is 0 Å². The second kappa shape index (κ2) is 18.0. The van der Waals surface area contributed by atoms with Crippen LogP contribution >= 0.6 is 0 Å². The van der Waals surface area contributed by atoms with E-state index in [9.17, 15) is 14.7 Å². The number of aliphatic hydroxyl groups is 1. The molecule has 1 saturated heterocycles. The molecule has 1 aliphatic heterocycles. The molecule has 12 heteroatoms. The van der Waals surface area contributed by atoms with Gasteiger partial charge in [0.1, 0.15) is 47.0 Å². The topological polar surface area (TPSA) is 140 Å². The summed E-state index contributed by atoms with van der Waals surface area (Å²) in [5.74, 6) is 1.43. The second-order valence-corrected chi connectivity index (χ2v) is 14.6. The number of methoxy groups -OCH3 is 2. The van der Waals surface area contributed by atoms with Gasteiger partial charge in [0.05, 0.1) is 27.4 Å². The van der Waals surface area contributed by atoms with Gasteiger partial charge in [-0.05, 0) is 70.1 Å². The van der Waals surface area contributed by atoms with Gasteiger partial charge in [-0.25, -0.2) is 4.79 Å². The predicted octanol–water partition coefficient (Wildman–Crippen LogP) is 6.41. The number of rotatable bonds is 16. The molecule has 0 spiro atoms. The Morgan fingerprint density at radius 3 is 1.95 bits per heavy atom. The molecule has 0 bridgehead atoms. The number of anilines is 1. The highest BCUT2D eigenvalue weighted by molar-refractivity contribution is 5.90. The molecule has 5 aromatic rings. The Hall–Kier alpha value is -5.79. The maximum atomic E-state index is 13.5. The van der Waals surface area contributed by atoms with E-state index in [0.29, 0.717) is 17.2 Å². The molecule has 0 radical (unpaired) electrons. The summed E-state index contributed by atoms with van der Waals surface area (Å²) < 4.78 is 37.2. The van der Waals surface area contributed by atoms with Crippen molar-refractivity contribution in [2.24, 2.45) is 0 Å². The maximum absolute atomic E-state index is 13.5. The van der Waals surface area contributed by atoms with Crippen molar-refractivity contribution in [1.29, 1.82) is 0 Å². The number of carbonyl (C=O) groups is 1. The van der Waals surface area contributed by atoms with Gasteiger partial charge in [0.15, 0.2) is 12.8 Å². The van der Waals surface area contributed by atoms with E-state index >= 15 is 0 Å². The summed E-state index contributed by atoms with van der Waals surface area (Å²) in [7, 11) is 3.21. The van der Waals surface area contributed by atoms with Crippen molar-refractivity contribution < 1.29 is 38.3 Å². The van der Waals surface area contributed by atoms with E-state index in [-0.39, 0.29) is 31.1 Å². The van der Waals surface area contributed by atoms with Crippen molar-refractivity contribution in [2.45, 2.75) is 56.3 Å². The minimum atomic E-state index is -1.23. The van der Waals surface area contributed by atoms with Crippen LogP contribution in [0.4, 0.5) is 5.82 Å². The maximum Gasteiger partial charge on any atom is 0.351 e. The highest BCUT2D eigenvalue weighted by Gasteiger charge is 2.48. The Morgan fingerprint density at radius 1 is 0.842 bits per heavy atom. The van der Waals surface area contributed by atoms with E-state index in [1.165, 1.54) is 16.8 Å². The minimum Gasteiger partial charge on any atom is -0.497 e. The molecule has 2 heterocycles. The number of carbonyl (C=O) groups excluding carboxylic acids is 1. The van der Waals surface area contributed by atoms with Crippen LogP contribution in [0.5, 0.6) is 17.2 Å². The van der Waals surface area contributed by atoms with Crippen LogP contribution in [0.15, 0.2) is 133 Å². The number of hydrogen-bond acceptors (Lipinski definition) is 10. The van der Waals surface area contributed by atoms with Crippen molar-refractivity contribution in [3.05, 3.63) is 161 Å². The first-order valence-corrected chi connectivity index (χ1v) is 18.6. The van der Waals surface area contributed by atoms with Crippen LogP contribution in [0.3, 0.4) is 0 Å². The van der Waals surface area contributed by atoms with Gasteiger partial charge in [-0.3, -0.25) is 9.36 Å². The molecule has 4 aromatic carbocycles. The van der Waals surface area contributed by atoms with Gasteiger partial charge in [0.2, 0.25) is 0 Å². The number of aliphatic hydroxyl groups excluding tert-OH is 1. The average molecular weight is 776 g/mol. The second-order valence-electron chi connectivity index (χ2n) is 14.6. The third-order valence-corrected chi connectivity index (χ3v) is 9.82. The first-order valence-electron chi connectivity index (χ1n) is 18.6.